The first-order valence-corrected chi connectivity index (χ1v) is 4.06. The Bertz CT molecular complexity index is 242. The molecule has 12 heavy (non-hydrogen) atoms. The Morgan fingerprint density at radius 1 is 1.75 bits per heavy atom. The molecular weight excluding hydrogens is 159 g/mol. The van der Waals surface area contributed by atoms with Crippen LogP contribution in [0.2, 0.25) is 0 Å². The van der Waals surface area contributed by atoms with Crippen LogP contribution in [0.5, 0.6) is 0 Å². The third-order valence-electron chi connectivity index (χ3n) is 2.17. The van der Waals surface area contributed by atoms with Gasteiger partial charge >= 0.3 is 0 Å². The van der Waals surface area contributed by atoms with Crippen LogP contribution in [0.1, 0.15) is 12.2 Å². The SMILES string of the molecule is FC1(Cc2cnco2)CCNC1. The van der Waals surface area contributed by atoms with Crippen molar-refractivity contribution in [1.82, 2.24) is 10.3 Å². The summed E-state index contributed by atoms with van der Waals surface area (Å²) in [4.78, 5) is 3.74. The van der Waals surface area contributed by atoms with Gasteiger partial charge in [-0.15, -0.1) is 0 Å². The van der Waals surface area contributed by atoms with Crippen molar-refractivity contribution in [3.05, 3.63) is 18.4 Å². The third-order valence-corrected chi connectivity index (χ3v) is 2.17. The van der Waals surface area contributed by atoms with E-state index in [0.29, 0.717) is 25.1 Å². The van der Waals surface area contributed by atoms with Crippen LogP contribution in [0.25, 0.3) is 0 Å². The van der Waals surface area contributed by atoms with Crippen molar-refractivity contribution < 1.29 is 8.81 Å². The summed E-state index contributed by atoms with van der Waals surface area (Å²) in [6.45, 7) is 1.18. The van der Waals surface area contributed by atoms with Crippen molar-refractivity contribution in [2.24, 2.45) is 0 Å². The highest BCUT2D eigenvalue weighted by Crippen LogP contribution is 2.24. The number of rotatable bonds is 2. The zero-order chi connectivity index (χ0) is 8.44. The Labute approximate surface area is 70.0 Å². The summed E-state index contributed by atoms with van der Waals surface area (Å²) in [5.41, 5.74) is -1.13. The second-order valence-corrected chi connectivity index (χ2v) is 3.22. The molecule has 3 nitrogen and oxygen atoms in total. The van der Waals surface area contributed by atoms with E-state index in [9.17, 15) is 4.39 Å². The average molecular weight is 170 g/mol. The first-order chi connectivity index (χ1) is 5.79. The summed E-state index contributed by atoms with van der Waals surface area (Å²) >= 11 is 0. The maximum absolute atomic E-state index is 13.7. The van der Waals surface area contributed by atoms with Gasteiger partial charge in [-0.2, -0.15) is 0 Å². The predicted octanol–water partition coefficient (Wildman–Crippen LogP) is 0.919. The van der Waals surface area contributed by atoms with Gasteiger partial charge in [-0.25, -0.2) is 9.37 Å². The Hall–Kier alpha value is -0.900. The number of halogens is 1. The lowest BCUT2D eigenvalue weighted by Gasteiger charge is -2.15. The van der Waals surface area contributed by atoms with E-state index >= 15 is 0 Å². The lowest BCUT2D eigenvalue weighted by atomic mass is 10.0. The molecule has 4 heteroatoms. The van der Waals surface area contributed by atoms with Gasteiger partial charge in [-0.3, -0.25) is 0 Å². The molecule has 1 aromatic rings. The number of nitrogens with one attached hydrogen (secondary N) is 1. The molecule has 1 N–H and O–H groups in total. The van der Waals surface area contributed by atoms with E-state index in [1.807, 2.05) is 0 Å². The van der Waals surface area contributed by atoms with Crippen molar-refractivity contribution in [3.63, 3.8) is 0 Å². The summed E-state index contributed by atoms with van der Waals surface area (Å²) in [5.74, 6) is 0.626. The summed E-state index contributed by atoms with van der Waals surface area (Å²) in [7, 11) is 0. The van der Waals surface area contributed by atoms with E-state index in [0.717, 1.165) is 6.54 Å². The van der Waals surface area contributed by atoms with Crippen molar-refractivity contribution in [2.45, 2.75) is 18.5 Å². The smallest absolute Gasteiger partial charge is 0.180 e. The maximum atomic E-state index is 13.7. The van der Waals surface area contributed by atoms with E-state index < -0.39 is 5.67 Å². The molecule has 1 aromatic heterocycles. The zero-order valence-electron chi connectivity index (χ0n) is 6.72. The Kier molecular flexibility index (Phi) is 1.84. The van der Waals surface area contributed by atoms with Gasteiger partial charge in [-0.05, 0) is 13.0 Å². The topological polar surface area (TPSA) is 38.1 Å². The number of nitrogens with zero attached hydrogens (tertiary/aromatic N) is 1. The standard InChI is InChI=1S/C8H11FN2O/c9-8(1-2-10-5-8)3-7-4-11-6-12-7/h4,6,10H,1-3,5H2. The van der Waals surface area contributed by atoms with Crippen LogP contribution >= 0.6 is 0 Å². The van der Waals surface area contributed by atoms with Gasteiger partial charge in [0.2, 0.25) is 0 Å². The van der Waals surface area contributed by atoms with E-state index in [1.54, 1.807) is 6.20 Å². The van der Waals surface area contributed by atoms with Crippen molar-refractivity contribution in [3.8, 4) is 0 Å². The van der Waals surface area contributed by atoms with Crippen LogP contribution in [-0.4, -0.2) is 23.7 Å². The van der Waals surface area contributed by atoms with Crippen molar-refractivity contribution in [2.75, 3.05) is 13.1 Å². The van der Waals surface area contributed by atoms with Crippen LogP contribution in [-0.2, 0) is 6.42 Å². The van der Waals surface area contributed by atoms with Gasteiger partial charge in [0.15, 0.2) is 6.39 Å². The molecule has 2 rings (SSSR count). The van der Waals surface area contributed by atoms with Gasteiger partial charge in [0.25, 0.3) is 0 Å². The Morgan fingerprint density at radius 2 is 2.67 bits per heavy atom. The normalized spacial score (nSPS) is 29.4. The molecule has 1 aliphatic rings. The fraction of sp³-hybridized carbons (Fsp3) is 0.625. The van der Waals surface area contributed by atoms with Crippen molar-refractivity contribution in [1.29, 1.82) is 0 Å². The zero-order valence-corrected chi connectivity index (χ0v) is 6.72. The van der Waals surface area contributed by atoms with Crippen LogP contribution in [0.3, 0.4) is 0 Å². The van der Waals surface area contributed by atoms with E-state index in [2.05, 4.69) is 10.3 Å². The summed E-state index contributed by atoms with van der Waals surface area (Å²) in [5, 5.41) is 2.99. The minimum Gasteiger partial charge on any atom is -0.448 e. The second kappa shape index (κ2) is 2.86. The highest BCUT2D eigenvalue weighted by molar-refractivity contribution is 5.00. The summed E-state index contributed by atoms with van der Waals surface area (Å²) < 4.78 is 18.7. The molecule has 0 bridgehead atoms. The van der Waals surface area contributed by atoms with E-state index in [1.165, 1.54) is 6.39 Å². The number of alkyl halides is 1. The Balaban J connectivity index is 2.02. The molecule has 0 saturated carbocycles. The molecule has 66 valence electrons. The molecule has 0 spiro atoms. The van der Waals surface area contributed by atoms with Crippen LogP contribution < -0.4 is 5.32 Å². The fourth-order valence-electron chi connectivity index (χ4n) is 1.51. The van der Waals surface area contributed by atoms with Gasteiger partial charge in [0, 0.05) is 13.0 Å². The van der Waals surface area contributed by atoms with E-state index in [4.69, 9.17) is 4.42 Å². The largest absolute Gasteiger partial charge is 0.448 e. The second-order valence-electron chi connectivity index (χ2n) is 3.22. The fourth-order valence-corrected chi connectivity index (χ4v) is 1.51. The Morgan fingerprint density at radius 3 is 3.25 bits per heavy atom. The average Bonchev–Trinajstić information content (AvgIpc) is 2.62. The molecule has 0 radical (unpaired) electrons. The van der Waals surface area contributed by atoms with Gasteiger partial charge in [0.05, 0.1) is 6.20 Å². The lowest BCUT2D eigenvalue weighted by molar-refractivity contribution is 0.180. The minimum absolute atomic E-state index is 0.333. The first-order valence-electron chi connectivity index (χ1n) is 4.06. The van der Waals surface area contributed by atoms with Crippen LogP contribution in [0.15, 0.2) is 17.0 Å². The first kappa shape index (κ1) is 7.73. The third kappa shape index (κ3) is 1.48. The molecule has 1 atom stereocenters. The lowest BCUT2D eigenvalue weighted by Crippen LogP contribution is -2.28. The number of aromatic nitrogens is 1. The molecule has 0 aromatic carbocycles. The molecule has 2 heterocycles. The number of hydrogen-bond acceptors (Lipinski definition) is 3. The molecular formula is C8H11FN2O. The molecule has 1 unspecified atom stereocenters. The minimum atomic E-state index is -1.13. The molecule has 1 saturated heterocycles. The van der Waals surface area contributed by atoms with Gasteiger partial charge < -0.3 is 9.73 Å². The molecule has 0 amide bonds. The number of oxazole rings is 1. The highest BCUT2D eigenvalue weighted by atomic mass is 19.1. The quantitative estimate of drug-likeness (QED) is 0.717. The molecule has 0 aliphatic carbocycles. The van der Waals surface area contributed by atoms with Gasteiger partial charge in [0.1, 0.15) is 11.4 Å². The van der Waals surface area contributed by atoms with Gasteiger partial charge in [-0.1, -0.05) is 0 Å². The van der Waals surface area contributed by atoms with Crippen molar-refractivity contribution >= 4 is 0 Å². The summed E-state index contributed by atoms with van der Waals surface area (Å²) in [6, 6.07) is 0. The highest BCUT2D eigenvalue weighted by Gasteiger charge is 2.34. The monoisotopic (exact) mass is 170 g/mol. The molecule has 1 aliphatic heterocycles. The van der Waals surface area contributed by atoms with E-state index in [-0.39, 0.29) is 0 Å². The van der Waals surface area contributed by atoms with Crippen LogP contribution in [0.4, 0.5) is 4.39 Å². The predicted molar refractivity (Wildman–Crippen MR) is 41.5 cm³/mol. The van der Waals surface area contributed by atoms with Crippen LogP contribution in [0, 0.1) is 0 Å². The maximum Gasteiger partial charge on any atom is 0.180 e. The number of hydrogen-bond donors (Lipinski definition) is 1. The summed E-state index contributed by atoms with van der Waals surface area (Å²) in [6.07, 6.45) is 3.80. The molecule has 1 fully saturated rings.